The Morgan fingerprint density at radius 2 is 1.80 bits per heavy atom. The van der Waals surface area contributed by atoms with Crippen LogP contribution in [0, 0.1) is 11.8 Å². The molecule has 2 atom stereocenters. The molecule has 1 fully saturated rings. The van der Waals surface area contributed by atoms with Gasteiger partial charge in [0, 0.05) is 23.7 Å². The van der Waals surface area contributed by atoms with Crippen LogP contribution in [0.15, 0.2) is 47.6 Å². The zero-order chi connectivity index (χ0) is 25.3. The first-order valence-corrected chi connectivity index (χ1v) is 10.3. The largest absolute Gasteiger partial charge is 0.511 e. The number of hydrogen-bond acceptors (Lipinski definition) is 11. The van der Waals surface area contributed by atoms with Crippen LogP contribution in [-0.2, 0) is 24.1 Å². The molecule has 35 heavy (non-hydrogen) atoms. The van der Waals surface area contributed by atoms with Crippen LogP contribution in [0.5, 0.6) is 0 Å². The summed E-state index contributed by atoms with van der Waals surface area (Å²) in [5, 5.41) is 11.7. The summed E-state index contributed by atoms with van der Waals surface area (Å²) in [7, 11) is 0. The number of ketones is 2. The van der Waals surface area contributed by atoms with Crippen molar-refractivity contribution in [3.63, 3.8) is 0 Å². The molecule has 0 saturated carbocycles. The summed E-state index contributed by atoms with van der Waals surface area (Å²) in [5.74, 6) is -9.32. The van der Waals surface area contributed by atoms with Crippen LogP contribution in [0.3, 0.4) is 0 Å². The Balaban J connectivity index is 1.78. The highest BCUT2D eigenvalue weighted by molar-refractivity contribution is 6.18. The van der Waals surface area contributed by atoms with Crippen molar-refractivity contribution in [2.45, 2.75) is 12.6 Å². The molecule has 3 aliphatic rings. The van der Waals surface area contributed by atoms with Crippen LogP contribution in [-0.4, -0.2) is 59.6 Å². The molecule has 11 nitrogen and oxygen atoms in total. The quantitative estimate of drug-likeness (QED) is 0.410. The van der Waals surface area contributed by atoms with Gasteiger partial charge in [-0.1, -0.05) is 24.3 Å². The maximum Gasteiger partial charge on any atom is 0.491 e. The Bertz CT molecular complexity index is 1150. The normalized spacial score (nSPS) is 23.7. The first kappa shape index (κ1) is 24.4. The predicted octanol–water partition coefficient (Wildman–Crippen LogP) is 1.26. The smallest absolute Gasteiger partial charge is 0.491 e. The number of aliphatic hydroxyl groups is 1. The SMILES string of the molecule is O=C1CNN(NC2=C(OC(=O)C(F)(F)F)C=C(O)C3C(=O)c4ccccc4C(=O)C23)CCCOO1. The molecule has 0 radical (unpaired) electrons. The van der Waals surface area contributed by atoms with Gasteiger partial charge in [0.15, 0.2) is 17.3 Å². The van der Waals surface area contributed by atoms with Crippen LogP contribution < -0.4 is 10.9 Å². The summed E-state index contributed by atoms with van der Waals surface area (Å²) >= 11 is 0. The molecular formula is C21H18F3N3O8. The van der Waals surface area contributed by atoms with E-state index in [1.807, 2.05) is 0 Å². The van der Waals surface area contributed by atoms with Gasteiger partial charge in [0.1, 0.15) is 12.3 Å². The number of fused-ring (bicyclic) bond motifs is 2. The topological polar surface area (TPSA) is 144 Å². The molecule has 1 aliphatic heterocycles. The van der Waals surface area contributed by atoms with Gasteiger partial charge in [-0.05, 0) is 6.42 Å². The Labute approximate surface area is 195 Å². The molecule has 186 valence electrons. The molecular weight excluding hydrogens is 479 g/mol. The number of hydrogen-bond donors (Lipinski definition) is 3. The zero-order valence-electron chi connectivity index (χ0n) is 17.8. The van der Waals surface area contributed by atoms with E-state index in [1.54, 1.807) is 0 Å². The molecule has 1 heterocycles. The molecule has 3 N–H and O–H groups in total. The van der Waals surface area contributed by atoms with Crippen molar-refractivity contribution < 1.29 is 52.0 Å². The van der Waals surface area contributed by atoms with Crippen molar-refractivity contribution in [1.82, 2.24) is 16.0 Å². The van der Waals surface area contributed by atoms with Crippen molar-refractivity contribution in [1.29, 1.82) is 0 Å². The van der Waals surface area contributed by atoms with Gasteiger partial charge in [0.05, 0.1) is 24.1 Å². The Hall–Kier alpha value is -3.75. The lowest BCUT2D eigenvalue weighted by Crippen LogP contribution is -2.54. The second-order valence-electron chi connectivity index (χ2n) is 7.69. The van der Waals surface area contributed by atoms with Crippen molar-refractivity contribution in [2.24, 2.45) is 11.8 Å². The van der Waals surface area contributed by atoms with Crippen LogP contribution in [0.4, 0.5) is 13.2 Å². The van der Waals surface area contributed by atoms with Crippen molar-refractivity contribution in [3.8, 4) is 0 Å². The number of alkyl halides is 3. The van der Waals surface area contributed by atoms with E-state index >= 15 is 0 Å². The summed E-state index contributed by atoms with van der Waals surface area (Å²) in [6.07, 6.45) is -4.45. The first-order valence-electron chi connectivity index (χ1n) is 10.3. The minimum atomic E-state index is -5.38. The van der Waals surface area contributed by atoms with E-state index < -0.39 is 59.6 Å². The number of halogens is 3. The van der Waals surface area contributed by atoms with E-state index in [0.29, 0.717) is 6.08 Å². The third-order valence-corrected chi connectivity index (χ3v) is 5.40. The fourth-order valence-corrected chi connectivity index (χ4v) is 3.87. The Kier molecular flexibility index (Phi) is 6.60. The molecule has 4 rings (SSSR count). The van der Waals surface area contributed by atoms with Gasteiger partial charge in [0.25, 0.3) is 0 Å². The van der Waals surface area contributed by atoms with Crippen LogP contribution in [0.25, 0.3) is 0 Å². The van der Waals surface area contributed by atoms with E-state index in [4.69, 9.17) is 4.89 Å². The van der Waals surface area contributed by atoms with Crippen LogP contribution in [0.1, 0.15) is 27.1 Å². The molecule has 0 spiro atoms. The number of Topliss-reactive ketones (excluding diaryl/α,β-unsaturated/α-hetero) is 2. The maximum atomic E-state index is 13.4. The molecule has 1 aromatic rings. The summed E-state index contributed by atoms with van der Waals surface area (Å²) < 4.78 is 43.3. The highest BCUT2D eigenvalue weighted by Gasteiger charge is 2.50. The summed E-state index contributed by atoms with van der Waals surface area (Å²) in [4.78, 5) is 58.9. The minimum absolute atomic E-state index is 0.0105. The highest BCUT2D eigenvalue weighted by Crippen LogP contribution is 2.42. The minimum Gasteiger partial charge on any atom is -0.511 e. The number of aliphatic hydroxyl groups excluding tert-OH is 1. The molecule has 0 bridgehead atoms. The predicted molar refractivity (Wildman–Crippen MR) is 106 cm³/mol. The number of nitrogens with zero attached hydrogens (tertiary/aromatic N) is 1. The Morgan fingerprint density at radius 1 is 1.14 bits per heavy atom. The number of rotatable bonds is 3. The first-order chi connectivity index (χ1) is 16.6. The number of carbonyl (C=O) groups excluding carboxylic acids is 4. The van der Waals surface area contributed by atoms with E-state index in [9.17, 15) is 37.5 Å². The van der Waals surface area contributed by atoms with Gasteiger partial charge in [-0.3, -0.25) is 14.5 Å². The fraction of sp³-hybridized carbons (Fsp3) is 0.333. The van der Waals surface area contributed by atoms with Crippen molar-refractivity contribution in [3.05, 3.63) is 58.7 Å². The molecule has 0 aromatic heterocycles. The van der Waals surface area contributed by atoms with Gasteiger partial charge in [-0.25, -0.2) is 15.0 Å². The average Bonchev–Trinajstić information content (AvgIpc) is 2.90. The summed E-state index contributed by atoms with van der Waals surface area (Å²) in [6, 6.07) is 5.78. The number of esters is 1. The van der Waals surface area contributed by atoms with Gasteiger partial charge in [0.2, 0.25) is 0 Å². The van der Waals surface area contributed by atoms with Crippen LogP contribution in [0.2, 0.25) is 0 Å². The van der Waals surface area contributed by atoms with E-state index in [2.05, 4.69) is 20.5 Å². The Morgan fingerprint density at radius 3 is 2.46 bits per heavy atom. The third kappa shape index (κ3) is 4.89. The second kappa shape index (κ2) is 9.48. The lowest BCUT2D eigenvalue weighted by molar-refractivity contribution is -0.270. The summed E-state index contributed by atoms with van der Waals surface area (Å²) in [6.45, 7) is -0.368. The number of carbonyl (C=O) groups is 4. The van der Waals surface area contributed by atoms with Crippen molar-refractivity contribution in [2.75, 3.05) is 19.7 Å². The van der Waals surface area contributed by atoms with E-state index in [0.717, 1.165) is 5.12 Å². The molecule has 1 aromatic carbocycles. The lowest BCUT2D eigenvalue weighted by Gasteiger charge is -2.37. The number of allylic oxidation sites excluding steroid dienone is 3. The van der Waals surface area contributed by atoms with E-state index in [1.165, 1.54) is 24.3 Å². The molecule has 1 saturated heterocycles. The number of hydrazine groups is 2. The zero-order valence-corrected chi connectivity index (χ0v) is 17.8. The molecule has 0 amide bonds. The van der Waals surface area contributed by atoms with Gasteiger partial charge >= 0.3 is 18.1 Å². The fourth-order valence-electron chi connectivity index (χ4n) is 3.87. The number of ether oxygens (including phenoxy) is 1. The maximum absolute atomic E-state index is 13.4. The lowest BCUT2D eigenvalue weighted by atomic mass is 9.69. The standard InChI is InChI=1S/C21H18F3N3O8/c22-21(23,24)20(32)34-13-8-12(28)15-16(19(31)11-5-2-1-4-10(11)18(15)30)17(13)26-27-6-3-7-33-35-14(29)9-25-27/h1-2,4-5,8,15-16,25-26,28H,3,6-7,9H2. The molecule has 14 heteroatoms. The average molecular weight is 497 g/mol. The van der Waals surface area contributed by atoms with Gasteiger partial charge in [-0.15, -0.1) is 0 Å². The van der Waals surface area contributed by atoms with Gasteiger partial charge in [-0.2, -0.15) is 23.2 Å². The summed E-state index contributed by atoms with van der Waals surface area (Å²) in [5.41, 5.74) is 4.89. The van der Waals surface area contributed by atoms with Gasteiger partial charge < -0.3 is 15.3 Å². The highest BCUT2D eigenvalue weighted by atomic mass is 19.4. The molecule has 2 unspecified atom stereocenters. The van der Waals surface area contributed by atoms with Crippen LogP contribution >= 0.6 is 0 Å². The number of benzene rings is 1. The van der Waals surface area contributed by atoms with E-state index in [-0.39, 0.29) is 36.4 Å². The second-order valence-corrected chi connectivity index (χ2v) is 7.69. The number of nitrogens with one attached hydrogen (secondary N) is 2. The third-order valence-electron chi connectivity index (χ3n) is 5.40. The monoisotopic (exact) mass is 497 g/mol. The molecule has 2 aliphatic carbocycles. The van der Waals surface area contributed by atoms with Crippen molar-refractivity contribution >= 4 is 23.5 Å².